The van der Waals surface area contributed by atoms with E-state index in [-0.39, 0.29) is 6.04 Å². The smallest absolute Gasteiger partial charge is 0.136 e. The molecule has 0 aliphatic heterocycles. The Morgan fingerprint density at radius 3 is 2.56 bits per heavy atom. The van der Waals surface area contributed by atoms with Gasteiger partial charge in [-0.15, -0.1) is 0 Å². The van der Waals surface area contributed by atoms with E-state index < -0.39 is 0 Å². The summed E-state index contributed by atoms with van der Waals surface area (Å²) in [5.41, 5.74) is 7.17. The molecule has 18 heavy (non-hydrogen) atoms. The molecule has 2 rings (SSSR count). The summed E-state index contributed by atoms with van der Waals surface area (Å²) in [6, 6.07) is 8.26. The molecule has 4 nitrogen and oxygen atoms in total. The van der Waals surface area contributed by atoms with Crippen LogP contribution in [0.3, 0.4) is 0 Å². The van der Waals surface area contributed by atoms with E-state index in [0.29, 0.717) is 5.82 Å². The Labute approximate surface area is 115 Å². The Hall–Kier alpha value is -1.49. The maximum absolute atomic E-state index is 5.94. The maximum Gasteiger partial charge on any atom is 0.136 e. The number of aromatic nitrogens is 2. The molecule has 1 aromatic heterocycles. The van der Waals surface area contributed by atoms with Gasteiger partial charge in [-0.25, -0.2) is 4.68 Å². The minimum absolute atomic E-state index is 0.213. The molecule has 1 unspecified atom stereocenters. The first-order valence-electron chi connectivity index (χ1n) is 5.73. The quantitative estimate of drug-likeness (QED) is 0.944. The summed E-state index contributed by atoms with van der Waals surface area (Å²) < 4.78 is 7.80. The van der Waals surface area contributed by atoms with Gasteiger partial charge < -0.3 is 10.5 Å². The van der Waals surface area contributed by atoms with Gasteiger partial charge >= 0.3 is 0 Å². The summed E-state index contributed by atoms with van der Waals surface area (Å²) in [5.74, 6) is 1.53. The molecule has 0 spiro atoms. The molecule has 1 aromatic carbocycles. The number of nitrogens with two attached hydrogens (primary N) is 1. The van der Waals surface area contributed by atoms with E-state index in [4.69, 9.17) is 10.5 Å². The van der Waals surface area contributed by atoms with E-state index in [1.807, 2.05) is 16.8 Å². The van der Waals surface area contributed by atoms with Crippen molar-refractivity contribution in [1.29, 1.82) is 0 Å². The average molecular weight is 310 g/mol. The van der Waals surface area contributed by atoms with Crippen molar-refractivity contribution in [1.82, 2.24) is 9.78 Å². The van der Waals surface area contributed by atoms with Crippen molar-refractivity contribution >= 4 is 21.7 Å². The third kappa shape index (κ3) is 2.67. The summed E-state index contributed by atoms with van der Waals surface area (Å²) in [6.07, 6.45) is 2.60. The number of methoxy groups -OCH3 is 1. The number of benzene rings is 1. The molecule has 0 amide bonds. The fourth-order valence-corrected chi connectivity index (χ4v) is 2.16. The van der Waals surface area contributed by atoms with Gasteiger partial charge in [-0.3, -0.25) is 0 Å². The minimum atomic E-state index is 0.213. The third-order valence-corrected chi connectivity index (χ3v) is 3.51. The third-order valence-electron chi connectivity index (χ3n) is 2.89. The SMILES string of the molecule is COc1ccc(CC(C)n2ncc(Br)c2N)cc1. The van der Waals surface area contributed by atoms with Gasteiger partial charge in [-0.05, 0) is 47.0 Å². The number of nitrogens with zero attached hydrogens (tertiary/aromatic N) is 2. The normalized spacial score (nSPS) is 12.4. The van der Waals surface area contributed by atoms with E-state index in [1.165, 1.54) is 5.56 Å². The molecule has 0 bridgehead atoms. The summed E-state index contributed by atoms with van der Waals surface area (Å²) in [7, 11) is 1.67. The molecular formula is C13H16BrN3O. The van der Waals surface area contributed by atoms with Crippen molar-refractivity contribution in [2.45, 2.75) is 19.4 Å². The van der Waals surface area contributed by atoms with Crippen molar-refractivity contribution in [3.05, 3.63) is 40.5 Å². The van der Waals surface area contributed by atoms with E-state index in [1.54, 1.807) is 13.3 Å². The Bertz CT molecular complexity index is 522. The predicted molar refractivity (Wildman–Crippen MR) is 75.7 cm³/mol. The number of hydrogen-bond donors (Lipinski definition) is 1. The molecule has 5 heteroatoms. The predicted octanol–water partition coefficient (Wildman–Crippen LogP) is 3.04. The second kappa shape index (κ2) is 5.44. The van der Waals surface area contributed by atoms with Gasteiger partial charge in [0.2, 0.25) is 0 Å². The fraction of sp³-hybridized carbons (Fsp3) is 0.308. The van der Waals surface area contributed by atoms with Gasteiger partial charge in [0.1, 0.15) is 11.6 Å². The van der Waals surface area contributed by atoms with Crippen LogP contribution in [0.4, 0.5) is 5.82 Å². The molecule has 1 atom stereocenters. The lowest BCUT2D eigenvalue weighted by atomic mass is 10.1. The number of ether oxygens (including phenoxy) is 1. The van der Waals surface area contributed by atoms with Crippen LogP contribution in [-0.4, -0.2) is 16.9 Å². The molecule has 0 fully saturated rings. The molecule has 2 N–H and O–H groups in total. The number of halogens is 1. The lowest BCUT2D eigenvalue weighted by Crippen LogP contribution is -2.12. The molecule has 0 saturated carbocycles. The molecule has 0 aliphatic rings. The topological polar surface area (TPSA) is 53.1 Å². The first-order valence-corrected chi connectivity index (χ1v) is 6.52. The maximum atomic E-state index is 5.94. The van der Waals surface area contributed by atoms with Crippen molar-refractivity contribution in [3.8, 4) is 5.75 Å². The molecule has 0 radical (unpaired) electrons. The Morgan fingerprint density at radius 1 is 1.39 bits per heavy atom. The van der Waals surface area contributed by atoms with Crippen LogP contribution in [0.15, 0.2) is 34.9 Å². The standard InChI is InChI=1S/C13H16BrN3O/c1-9(17-13(15)12(14)8-16-17)7-10-3-5-11(18-2)6-4-10/h3-6,8-9H,7,15H2,1-2H3. The van der Waals surface area contributed by atoms with E-state index in [2.05, 4.69) is 40.1 Å². The lowest BCUT2D eigenvalue weighted by molar-refractivity contribution is 0.414. The highest BCUT2D eigenvalue weighted by Crippen LogP contribution is 2.24. The number of rotatable bonds is 4. The molecule has 0 saturated heterocycles. The van der Waals surface area contributed by atoms with Crippen molar-refractivity contribution in [2.24, 2.45) is 0 Å². The Morgan fingerprint density at radius 2 is 2.06 bits per heavy atom. The van der Waals surface area contributed by atoms with E-state index >= 15 is 0 Å². The van der Waals surface area contributed by atoms with E-state index in [9.17, 15) is 0 Å². The van der Waals surface area contributed by atoms with Gasteiger partial charge in [-0.1, -0.05) is 12.1 Å². The van der Waals surface area contributed by atoms with Gasteiger partial charge in [0, 0.05) is 0 Å². The zero-order valence-electron chi connectivity index (χ0n) is 10.4. The van der Waals surface area contributed by atoms with Crippen LogP contribution in [-0.2, 0) is 6.42 Å². The first kappa shape index (κ1) is 13.0. The van der Waals surface area contributed by atoms with Crippen LogP contribution in [0, 0.1) is 0 Å². The van der Waals surface area contributed by atoms with Gasteiger partial charge in [-0.2, -0.15) is 5.10 Å². The van der Waals surface area contributed by atoms with Crippen LogP contribution in [0.1, 0.15) is 18.5 Å². The van der Waals surface area contributed by atoms with Gasteiger partial charge in [0.25, 0.3) is 0 Å². The van der Waals surface area contributed by atoms with Crippen LogP contribution in [0.25, 0.3) is 0 Å². The molecular weight excluding hydrogens is 294 g/mol. The van der Waals surface area contributed by atoms with Crippen LogP contribution >= 0.6 is 15.9 Å². The van der Waals surface area contributed by atoms with E-state index in [0.717, 1.165) is 16.6 Å². The number of hydrogen-bond acceptors (Lipinski definition) is 3. The van der Waals surface area contributed by atoms with Crippen LogP contribution in [0.2, 0.25) is 0 Å². The first-order chi connectivity index (χ1) is 8.61. The highest BCUT2D eigenvalue weighted by molar-refractivity contribution is 9.10. The van der Waals surface area contributed by atoms with Crippen LogP contribution in [0.5, 0.6) is 5.75 Å². The average Bonchev–Trinajstić information content (AvgIpc) is 2.71. The number of nitrogen functional groups attached to an aromatic ring is 1. The monoisotopic (exact) mass is 309 g/mol. The summed E-state index contributed by atoms with van der Waals surface area (Å²) >= 11 is 3.36. The molecule has 96 valence electrons. The second-order valence-electron chi connectivity index (χ2n) is 4.22. The van der Waals surface area contributed by atoms with Gasteiger partial charge in [0.15, 0.2) is 0 Å². The summed E-state index contributed by atoms with van der Waals surface area (Å²) in [5, 5.41) is 4.27. The highest BCUT2D eigenvalue weighted by Gasteiger charge is 2.12. The highest BCUT2D eigenvalue weighted by atomic mass is 79.9. The molecule has 1 heterocycles. The van der Waals surface area contributed by atoms with Crippen molar-refractivity contribution in [2.75, 3.05) is 12.8 Å². The summed E-state index contributed by atoms with van der Waals surface area (Å²) in [6.45, 7) is 2.10. The number of anilines is 1. The lowest BCUT2D eigenvalue weighted by Gasteiger charge is -2.14. The van der Waals surface area contributed by atoms with Crippen molar-refractivity contribution < 1.29 is 4.74 Å². The fourth-order valence-electron chi connectivity index (χ4n) is 1.89. The van der Waals surface area contributed by atoms with Gasteiger partial charge in [0.05, 0.1) is 23.8 Å². The van der Waals surface area contributed by atoms with Crippen molar-refractivity contribution in [3.63, 3.8) is 0 Å². The molecule has 2 aromatic rings. The Balaban J connectivity index is 2.11. The largest absolute Gasteiger partial charge is 0.497 e. The van der Waals surface area contributed by atoms with Crippen LogP contribution < -0.4 is 10.5 Å². The Kier molecular flexibility index (Phi) is 3.91. The second-order valence-corrected chi connectivity index (χ2v) is 5.08. The summed E-state index contributed by atoms with van der Waals surface area (Å²) in [4.78, 5) is 0. The molecule has 0 aliphatic carbocycles. The zero-order valence-corrected chi connectivity index (χ0v) is 12.0. The minimum Gasteiger partial charge on any atom is -0.497 e. The zero-order chi connectivity index (χ0) is 13.1.